The number of carboxylic acids is 1. The molecular formula is C11H15N5O4. The van der Waals surface area contributed by atoms with Crippen LogP contribution in [0.1, 0.15) is 29.5 Å². The van der Waals surface area contributed by atoms with Crippen LogP contribution in [-0.4, -0.2) is 56.0 Å². The van der Waals surface area contributed by atoms with Gasteiger partial charge in [-0.1, -0.05) is 18.6 Å². The predicted molar refractivity (Wildman–Crippen MR) is 66.1 cm³/mol. The largest absolute Gasteiger partial charge is 0.476 e. The second-order valence-electron chi connectivity index (χ2n) is 4.37. The smallest absolute Gasteiger partial charge is 0.358 e. The molecule has 0 bridgehead atoms. The Kier molecular flexibility index (Phi) is 3.97. The lowest BCUT2D eigenvalue weighted by Crippen LogP contribution is -2.37. The summed E-state index contributed by atoms with van der Waals surface area (Å²) in [6.07, 6.45) is 1.15. The van der Waals surface area contributed by atoms with E-state index in [1.165, 1.54) is 4.68 Å². The van der Waals surface area contributed by atoms with Crippen molar-refractivity contribution in [3.8, 4) is 0 Å². The molecule has 1 aromatic rings. The molecule has 0 radical (unpaired) electrons. The molecule has 1 saturated heterocycles. The fourth-order valence-electron chi connectivity index (χ4n) is 2.03. The third-order valence-corrected chi connectivity index (χ3v) is 2.97. The van der Waals surface area contributed by atoms with Crippen molar-refractivity contribution < 1.29 is 19.5 Å². The van der Waals surface area contributed by atoms with E-state index in [9.17, 15) is 14.4 Å². The van der Waals surface area contributed by atoms with Gasteiger partial charge in [0.05, 0.1) is 5.69 Å². The number of aromatic carboxylic acids is 1. The minimum atomic E-state index is -1.17. The fourth-order valence-corrected chi connectivity index (χ4v) is 2.03. The molecule has 2 N–H and O–H groups in total. The number of rotatable bonds is 5. The fraction of sp³-hybridized carbons (Fsp3) is 0.545. The van der Waals surface area contributed by atoms with Crippen LogP contribution in [0, 0.1) is 0 Å². The second kappa shape index (κ2) is 5.68. The highest BCUT2D eigenvalue weighted by atomic mass is 16.4. The number of nitrogens with zero attached hydrogens (tertiary/aromatic N) is 4. The molecule has 0 aromatic carbocycles. The van der Waals surface area contributed by atoms with Crippen LogP contribution < -0.4 is 5.32 Å². The maximum Gasteiger partial charge on any atom is 0.358 e. The van der Waals surface area contributed by atoms with E-state index < -0.39 is 17.9 Å². The molecule has 0 saturated carbocycles. The van der Waals surface area contributed by atoms with E-state index in [-0.39, 0.29) is 12.2 Å². The van der Waals surface area contributed by atoms with Gasteiger partial charge in [-0.3, -0.25) is 9.69 Å². The predicted octanol–water partition coefficient (Wildman–Crippen LogP) is -0.519. The van der Waals surface area contributed by atoms with Gasteiger partial charge in [-0.25, -0.2) is 14.3 Å². The number of carbonyl (C=O) groups excluding carboxylic acids is 2. The number of carboxylic acid groups (broad SMARTS) is 1. The van der Waals surface area contributed by atoms with Gasteiger partial charge in [0.15, 0.2) is 5.69 Å². The zero-order chi connectivity index (χ0) is 14.7. The van der Waals surface area contributed by atoms with Crippen molar-refractivity contribution in [2.75, 3.05) is 13.1 Å². The highest BCUT2D eigenvalue weighted by molar-refractivity contribution is 5.95. The molecule has 1 aliphatic heterocycles. The van der Waals surface area contributed by atoms with Gasteiger partial charge in [-0.15, -0.1) is 5.10 Å². The topological polar surface area (TPSA) is 117 Å². The number of hydrogen-bond donors (Lipinski definition) is 2. The van der Waals surface area contributed by atoms with Crippen LogP contribution >= 0.6 is 0 Å². The molecule has 0 spiro atoms. The Morgan fingerprint density at radius 3 is 2.75 bits per heavy atom. The summed E-state index contributed by atoms with van der Waals surface area (Å²) in [7, 11) is 0. The molecule has 9 heteroatoms. The third kappa shape index (κ3) is 2.60. The average Bonchev–Trinajstić information content (AvgIpc) is 2.97. The molecule has 1 aliphatic rings. The van der Waals surface area contributed by atoms with E-state index in [1.807, 2.05) is 6.92 Å². The van der Waals surface area contributed by atoms with Gasteiger partial charge < -0.3 is 10.4 Å². The first-order valence-electron chi connectivity index (χ1n) is 6.28. The number of imide groups is 1. The van der Waals surface area contributed by atoms with Crippen molar-refractivity contribution in [3.63, 3.8) is 0 Å². The summed E-state index contributed by atoms with van der Waals surface area (Å²) in [5.74, 6) is -1.61. The Morgan fingerprint density at radius 1 is 1.45 bits per heavy atom. The van der Waals surface area contributed by atoms with Gasteiger partial charge in [0.1, 0.15) is 6.54 Å². The van der Waals surface area contributed by atoms with E-state index >= 15 is 0 Å². The number of nitrogens with one attached hydrogen (secondary N) is 1. The van der Waals surface area contributed by atoms with Gasteiger partial charge in [0.2, 0.25) is 0 Å². The quantitative estimate of drug-likeness (QED) is 0.750. The van der Waals surface area contributed by atoms with Crippen LogP contribution in [-0.2, 0) is 17.8 Å². The summed E-state index contributed by atoms with van der Waals surface area (Å²) in [6, 6.07) is -0.439. The van der Waals surface area contributed by atoms with Gasteiger partial charge in [0.25, 0.3) is 5.91 Å². The number of carbonyl (C=O) groups is 3. The molecule has 108 valence electrons. The first kappa shape index (κ1) is 14.0. The minimum absolute atomic E-state index is 0.148. The van der Waals surface area contributed by atoms with Crippen LogP contribution in [0.4, 0.5) is 4.79 Å². The van der Waals surface area contributed by atoms with Crippen LogP contribution in [0.3, 0.4) is 0 Å². The van der Waals surface area contributed by atoms with Crippen LogP contribution in [0.15, 0.2) is 0 Å². The summed E-state index contributed by atoms with van der Waals surface area (Å²) < 4.78 is 1.25. The highest BCUT2D eigenvalue weighted by Crippen LogP contribution is 2.10. The highest BCUT2D eigenvalue weighted by Gasteiger charge is 2.28. The minimum Gasteiger partial charge on any atom is -0.476 e. The number of aromatic nitrogens is 3. The summed E-state index contributed by atoms with van der Waals surface area (Å²) in [5.41, 5.74) is 0.249. The Bertz CT molecular complexity index is 553. The third-order valence-electron chi connectivity index (χ3n) is 2.97. The Morgan fingerprint density at radius 2 is 2.20 bits per heavy atom. The molecule has 1 fully saturated rings. The van der Waals surface area contributed by atoms with E-state index in [4.69, 9.17) is 5.11 Å². The number of amides is 3. The summed E-state index contributed by atoms with van der Waals surface area (Å²) in [4.78, 5) is 35.5. The maximum atomic E-state index is 12.0. The number of urea groups is 1. The molecule has 2 heterocycles. The zero-order valence-electron chi connectivity index (χ0n) is 11.0. The lowest BCUT2D eigenvalue weighted by molar-refractivity contribution is -0.128. The van der Waals surface area contributed by atoms with Crippen molar-refractivity contribution >= 4 is 17.9 Å². The molecule has 2 rings (SSSR count). The normalized spacial score (nSPS) is 14.4. The van der Waals surface area contributed by atoms with Crippen LogP contribution in [0.25, 0.3) is 0 Å². The van der Waals surface area contributed by atoms with Gasteiger partial charge in [0, 0.05) is 13.1 Å². The van der Waals surface area contributed by atoms with Gasteiger partial charge in [-0.05, 0) is 6.42 Å². The Balaban J connectivity index is 2.18. The molecule has 0 aliphatic carbocycles. The molecular weight excluding hydrogens is 266 g/mol. The zero-order valence-corrected chi connectivity index (χ0v) is 11.0. The molecule has 20 heavy (non-hydrogen) atoms. The summed E-state index contributed by atoms with van der Waals surface area (Å²) in [6.45, 7) is 2.42. The monoisotopic (exact) mass is 281 g/mol. The van der Waals surface area contributed by atoms with E-state index in [0.717, 1.165) is 4.90 Å². The first-order chi connectivity index (χ1) is 9.54. The summed E-state index contributed by atoms with van der Waals surface area (Å²) >= 11 is 0. The Hall–Kier alpha value is -2.45. The maximum absolute atomic E-state index is 12.0. The molecule has 3 amide bonds. The van der Waals surface area contributed by atoms with Crippen molar-refractivity contribution in [2.45, 2.75) is 26.3 Å². The van der Waals surface area contributed by atoms with Crippen molar-refractivity contribution in [1.29, 1.82) is 0 Å². The standard InChI is InChI=1S/C11H15N5O4/c1-2-3-7-9(10(18)19)13-14-16(7)6-8(17)15-5-4-12-11(15)20/h2-6H2,1H3,(H,12,20)(H,18,19). The van der Waals surface area contributed by atoms with Gasteiger partial charge >= 0.3 is 12.0 Å². The Labute approximate surface area is 114 Å². The average molecular weight is 281 g/mol. The van der Waals surface area contributed by atoms with E-state index in [0.29, 0.717) is 31.6 Å². The molecule has 0 atom stereocenters. The van der Waals surface area contributed by atoms with E-state index in [2.05, 4.69) is 15.6 Å². The lowest BCUT2D eigenvalue weighted by atomic mass is 10.2. The van der Waals surface area contributed by atoms with Crippen LogP contribution in [0.2, 0.25) is 0 Å². The molecule has 9 nitrogen and oxygen atoms in total. The van der Waals surface area contributed by atoms with E-state index in [1.54, 1.807) is 0 Å². The number of hydrogen-bond acceptors (Lipinski definition) is 5. The second-order valence-corrected chi connectivity index (χ2v) is 4.37. The van der Waals surface area contributed by atoms with Gasteiger partial charge in [-0.2, -0.15) is 0 Å². The van der Waals surface area contributed by atoms with Crippen molar-refractivity contribution in [2.24, 2.45) is 0 Å². The molecule has 1 aromatic heterocycles. The molecule has 0 unspecified atom stereocenters. The summed E-state index contributed by atoms with van der Waals surface area (Å²) in [5, 5.41) is 18.8. The van der Waals surface area contributed by atoms with Crippen LogP contribution in [0.5, 0.6) is 0 Å². The van der Waals surface area contributed by atoms with Crippen molar-refractivity contribution in [3.05, 3.63) is 11.4 Å². The van der Waals surface area contributed by atoms with Crippen molar-refractivity contribution in [1.82, 2.24) is 25.2 Å². The lowest BCUT2D eigenvalue weighted by Gasteiger charge is -2.12. The SMILES string of the molecule is CCCc1c(C(=O)O)nnn1CC(=O)N1CCNC1=O. The first-order valence-corrected chi connectivity index (χ1v) is 6.28.